The van der Waals surface area contributed by atoms with E-state index in [0.29, 0.717) is 16.7 Å². The Balaban J connectivity index is 1.61. The van der Waals surface area contributed by atoms with Gasteiger partial charge in [-0.1, -0.05) is 19.4 Å². The van der Waals surface area contributed by atoms with Gasteiger partial charge in [-0.05, 0) is 90.5 Å². The van der Waals surface area contributed by atoms with Crippen LogP contribution in [0, 0.1) is 29.2 Å². The zero-order valence-electron chi connectivity index (χ0n) is 15.3. The average Bonchev–Trinajstić information content (AvgIpc) is 3.03. The molecule has 0 saturated heterocycles. The van der Waals surface area contributed by atoms with E-state index in [1.165, 1.54) is 12.1 Å². The summed E-state index contributed by atoms with van der Waals surface area (Å²) in [5.74, 6) is -2.17. The third-order valence-corrected chi connectivity index (χ3v) is 6.17. The van der Waals surface area contributed by atoms with E-state index in [2.05, 4.69) is 6.92 Å². The quantitative estimate of drug-likeness (QED) is 0.506. The summed E-state index contributed by atoms with van der Waals surface area (Å²) < 4.78 is 56.5. The minimum atomic E-state index is -0.953. The Morgan fingerprint density at radius 2 is 1.44 bits per heavy atom. The summed E-state index contributed by atoms with van der Waals surface area (Å²) in [7, 11) is 0. The van der Waals surface area contributed by atoms with Crippen molar-refractivity contribution in [1.82, 2.24) is 0 Å². The topological polar surface area (TPSA) is 0 Å². The lowest BCUT2D eigenvalue weighted by atomic mass is 9.77. The van der Waals surface area contributed by atoms with Gasteiger partial charge in [0.05, 0.1) is 0 Å². The van der Waals surface area contributed by atoms with Crippen LogP contribution in [0.4, 0.5) is 17.6 Å². The Morgan fingerprint density at radius 1 is 0.815 bits per heavy atom. The monoisotopic (exact) mass is 374 g/mol. The van der Waals surface area contributed by atoms with Gasteiger partial charge < -0.3 is 0 Å². The molecule has 0 aliphatic heterocycles. The van der Waals surface area contributed by atoms with E-state index in [-0.39, 0.29) is 17.9 Å². The van der Waals surface area contributed by atoms with Crippen LogP contribution in [0.2, 0.25) is 0 Å². The van der Waals surface area contributed by atoms with Gasteiger partial charge in [0.2, 0.25) is 0 Å². The lowest BCUT2D eigenvalue weighted by Gasteiger charge is -2.28. The first-order chi connectivity index (χ1) is 13.0. The Bertz CT molecular complexity index is 882. The maximum absolute atomic E-state index is 14.8. The van der Waals surface area contributed by atoms with Gasteiger partial charge in [0, 0.05) is 5.56 Å². The van der Waals surface area contributed by atoms with Gasteiger partial charge in [-0.2, -0.15) is 0 Å². The SMILES string of the molecule is CCC1CCC(c2cc(F)c(C3=Cc4cc(F)c(F)cc4C3)c(F)c2)CC1. The molecule has 0 bridgehead atoms. The van der Waals surface area contributed by atoms with Crippen molar-refractivity contribution in [2.75, 3.05) is 0 Å². The number of hydrogen-bond acceptors (Lipinski definition) is 0. The second-order valence-corrected chi connectivity index (χ2v) is 7.80. The molecule has 27 heavy (non-hydrogen) atoms. The summed E-state index contributed by atoms with van der Waals surface area (Å²) >= 11 is 0. The van der Waals surface area contributed by atoms with Gasteiger partial charge >= 0.3 is 0 Å². The summed E-state index contributed by atoms with van der Waals surface area (Å²) in [5, 5.41) is 0. The first-order valence-electron chi connectivity index (χ1n) is 9.64. The van der Waals surface area contributed by atoms with Crippen molar-refractivity contribution in [3.63, 3.8) is 0 Å². The predicted octanol–water partition coefficient (Wildman–Crippen LogP) is 7.02. The van der Waals surface area contributed by atoms with Gasteiger partial charge in [-0.3, -0.25) is 0 Å². The highest BCUT2D eigenvalue weighted by molar-refractivity contribution is 5.89. The number of benzene rings is 2. The fourth-order valence-electron chi connectivity index (χ4n) is 4.53. The minimum absolute atomic E-state index is 0.0852. The van der Waals surface area contributed by atoms with Crippen LogP contribution in [0.1, 0.15) is 67.2 Å². The van der Waals surface area contributed by atoms with E-state index in [4.69, 9.17) is 0 Å². The van der Waals surface area contributed by atoms with Gasteiger partial charge in [0.1, 0.15) is 11.6 Å². The van der Waals surface area contributed by atoms with Crippen LogP contribution >= 0.6 is 0 Å². The number of hydrogen-bond donors (Lipinski definition) is 0. The van der Waals surface area contributed by atoms with Crippen molar-refractivity contribution >= 4 is 11.6 Å². The van der Waals surface area contributed by atoms with Crippen LogP contribution in [0.3, 0.4) is 0 Å². The first-order valence-corrected chi connectivity index (χ1v) is 9.64. The van der Waals surface area contributed by atoms with Crippen LogP contribution in [-0.4, -0.2) is 0 Å². The fraction of sp³-hybridized carbons (Fsp3) is 0.391. The highest BCUT2D eigenvalue weighted by Gasteiger charge is 2.26. The number of fused-ring (bicyclic) bond motifs is 1. The zero-order chi connectivity index (χ0) is 19.1. The molecular formula is C23H22F4. The Kier molecular flexibility index (Phi) is 4.83. The smallest absolute Gasteiger partial charge is 0.159 e. The van der Waals surface area contributed by atoms with E-state index in [9.17, 15) is 17.6 Å². The highest BCUT2D eigenvalue weighted by atomic mass is 19.2. The summed E-state index contributed by atoms with van der Waals surface area (Å²) in [6.07, 6.45) is 7.03. The second kappa shape index (κ2) is 7.14. The van der Waals surface area contributed by atoms with Gasteiger partial charge in [-0.15, -0.1) is 0 Å². The number of rotatable bonds is 3. The van der Waals surface area contributed by atoms with Gasteiger partial charge in [0.15, 0.2) is 11.6 Å². The molecule has 0 radical (unpaired) electrons. The zero-order valence-corrected chi connectivity index (χ0v) is 15.3. The standard InChI is InChI=1S/C23H22F4/c1-2-13-3-5-14(6-4-13)17-11-21(26)23(22(27)12-17)18-7-15-9-19(24)20(25)10-16(15)8-18/h7,9-14H,2-6,8H2,1H3. The van der Waals surface area contributed by atoms with E-state index in [0.717, 1.165) is 55.7 Å². The van der Waals surface area contributed by atoms with Gasteiger partial charge in [-0.25, -0.2) is 17.6 Å². The molecule has 2 aliphatic carbocycles. The molecule has 2 aliphatic rings. The molecule has 0 amide bonds. The predicted molar refractivity (Wildman–Crippen MR) is 99.3 cm³/mol. The van der Waals surface area contributed by atoms with Crippen molar-refractivity contribution in [3.05, 3.63) is 69.8 Å². The lowest BCUT2D eigenvalue weighted by molar-refractivity contribution is 0.318. The normalized spacial score (nSPS) is 21.9. The molecule has 0 nitrogen and oxygen atoms in total. The Hall–Kier alpha value is -2.10. The van der Waals surface area contributed by atoms with E-state index in [1.54, 1.807) is 6.08 Å². The van der Waals surface area contributed by atoms with Crippen LogP contribution in [-0.2, 0) is 6.42 Å². The molecule has 142 valence electrons. The third-order valence-electron chi connectivity index (χ3n) is 6.17. The van der Waals surface area contributed by atoms with E-state index < -0.39 is 23.3 Å². The van der Waals surface area contributed by atoms with Crippen molar-refractivity contribution in [2.45, 2.75) is 51.4 Å². The molecular weight excluding hydrogens is 352 g/mol. The fourth-order valence-corrected chi connectivity index (χ4v) is 4.53. The minimum Gasteiger partial charge on any atom is -0.206 e. The average molecular weight is 374 g/mol. The highest BCUT2D eigenvalue weighted by Crippen LogP contribution is 2.40. The van der Waals surface area contributed by atoms with Crippen LogP contribution < -0.4 is 0 Å². The van der Waals surface area contributed by atoms with E-state index in [1.807, 2.05) is 0 Å². The molecule has 0 atom stereocenters. The maximum atomic E-state index is 14.8. The summed E-state index contributed by atoms with van der Waals surface area (Å²) in [5.41, 5.74) is 2.08. The molecule has 2 aromatic carbocycles. The molecule has 0 aromatic heterocycles. The van der Waals surface area contributed by atoms with Crippen molar-refractivity contribution in [1.29, 1.82) is 0 Å². The van der Waals surface area contributed by atoms with Crippen molar-refractivity contribution in [3.8, 4) is 0 Å². The molecule has 2 aromatic rings. The Morgan fingerprint density at radius 3 is 2.07 bits per heavy atom. The lowest BCUT2D eigenvalue weighted by Crippen LogP contribution is -2.13. The van der Waals surface area contributed by atoms with E-state index >= 15 is 0 Å². The molecule has 0 N–H and O–H groups in total. The number of halogens is 4. The largest absolute Gasteiger partial charge is 0.206 e. The summed E-state index contributed by atoms with van der Waals surface area (Å²) in [6, 6.07) is 5.07. The van der Waals surface area contributed by atoms with Gasteiger partial charge in [0.25, 0.3) is 0 Å². The molecule has 1 saturated carbocycles. The Labute approximate surface area is 156 Å². The number of allylic oxidation sites excluding steroid dienone is 1. The van der Waals surface area contributed by atoms with Crippen LogP contribution in [0.15, 0.2) is 24.3 Å². The molecule has 4 heteroatoms. The molecule has 1 fully saturated rings. The van der Waals surface area contributed by atoms with Crippen LogP contribution in [0.5, 0.6) is 0 Å². The first kappa shape index (κ1) is 18.3. The molecule has 0 spiro atoms. The van der Waals surface area contributed by atoms with Crippen molar-refractivity contribution < 1.29 is 17.6 Å². The summed E-state index contributed by atoms with van der Waals surface area (Å²) in [6.45, 7) is 2.18. The summed E-state index contributed by atoms with van der Waals surface area (Å²) in [4.78, 5) is 0. The molecule has 0 unspecified atom stereocenters. The molecule has 4 rings (SSSR count). The molecule has 0 heterocycles. The van der Waals surface area contributed by atoms with Crippen molar-refractivity contribution in [2.24, 2.45) is 5.92 Å². The van der Waals surface area contributed by atoms with Crippen LogP contribution in [0.25, 0.3) is 11.6 Å². The second-order valence-electron chi connectivity index (χ2n) is 7.80. The third kappa shape index (κ3) is 3.42. The maximum Gasteiger partial charge on any atom is 0.159 e.